The number of thioether (sulfide) groups is 1. The first kappa shape index (κ1) is 23.2. The van der Waals surface area contributed by atoms with Gasteiger partial charge in [-0.25, -0.2) is 0 Å². The maximum absolute atomic E-state index is 12.6. The van der Waals surface area contributed by atoms with E-state index in [1.807, 2.05) is 41.9 Å². The summed E-state index contributed by atoms with van der Waals surface area (Å²) >= 11 is 1.35. The van der Waals surface area contributed by atoms with Gasteiger partial charge in [-0.2, -0.15) is 4.99 Å². The fraction of sp³-hybridized carbons (Fsp3) is 0.250. The monoisotopic (exact) mass is 484 g/mol. The van der Waals surface area contributed by atoms with Crippen molar-refractivity contribution in [2.75, 3.05) is 6.61 Å². The molecule has 0 spiro atoms. The molecule has 3 heterocycles. The Bertz CT molecular complexity index is 1390. The van der Waals surface area contributed by atoms with Gasteiger partial charge in [0.1, 0.15) is 11.6 Å². The lowest BCUT2D eigenvalue weighted by atomic mass is 9.87. The molecule has 178 valence electrons. The lowest BCUT2D eigenvalue weighted by molar-refractivity contribution is -0.114. The van der Waals surface area contributed by atoms with Crippen molar-refractivity contribution in [1.29, 1.82) is 5.41 Å². The minimum Gasteiger partial charge on any atom is -0.494 e. The molecular formula is C28H28N4O2S. The van der Waals surface area contributed by atoms with Gasteiger partial charge in [0.05, 0.1) is 12.2 Å². The summed E-state index contributed by atoms with van der Waals surface area (Å²) < 4.78 is 8.16. The summed E-state index contributed by atoms with van der Waals surface area (Å²) in [6, 6.07) is 16.5. The van der Waals surface area contributed by atoms with Crippen LogP contribution in [0.3, 0.4) is 0 Å². The largest absolute Gasteiger partial charge is 0.494 e. The molecule has 2 aromatic carbocycles. The highest BCUT2D eigenvalue weighted by Crippen LogP contribution is 2.30. The lowest BCUT2D eigenvalue weighted by Crippen LogP contribution is -2.35. The zero-order valence-corrected chi connectivity index (χ0v) is 20.9. The van der Waals surface area contributed by atoms with E-state index >= 15 is 0 Å². The first-order valence-corrected chi connectivity index (χ1v) is 12.6. The van der Waals surface area contributed by atoms with Gasteiger partial charge in [-0.15, -0.1) is 0 Å². The van der Waals surface area contributed by atoms with Gasteiger partial charge < -0.3 is 9.30 Å². The Morgan fingerprint density at radius 2 is 1.89 bits per heavy atom. The molecule has 0 bridgehead atoms. The van der Waals surface area contributed by atoms with Gasteiger partial charge in [-0.1, -0.05) is 62.9 Å². The Labute approximate surface area is 209 Å². The molecule has 0 atom stereocenters. The second-order valence-electron chi connectivity index (χ2n) is 9.65. The van der Waals surface area contributed by atoms with Crippen LogP contribution in [0.1, 0.15) is 38.3 Å². The average Bonchev–Trinajstić information content (AvgIpc) is 3.44. The minimum absolute atomic E-state index is 0.126. The number of ether oxygens (including phenoxy) is 1. The quantitative estimate of drug-likeness (QED) is 0.335. The van der Waals surface area contributed by atoms with Crippen LogP contribution in [0.2, 0.25) is 0 Å². The van der Waals surface area contributed by atoms with Crippen molar-refractivity contribution >= 4 is 45.7 Å². The van der Waals surface area contributed by atoms with E-state index in [4.69, 9.17) is 10.1 Å². The SMILES string of the molecule is CC(C)(C)c1ccc(OCCCn2cc(/C=C3\C(=N)N4C=CSC4=NC3=O)c3ccccc32)cc1. The molecule has 1 aromatic heterocycles. The highest BCUT2D eigenvalue weighted by molar-refractivity contribution is 8.16. The van der Waals surface area contributed by atoms with Crippen LogP contribution < -0.4 is 4.74 Å². The third kappa shape index (κ3) is 4.68. The average molecular weight is 485 g/mol. The Morgan fingerprint density at radius 1 is 1.11 bits per heavy atom. The number of hydrogen-bond donors (Lipinski definition) is 1. The molecule has 0 aliphatic carbocycles. The van der Waals surface area contributed by atoms with Crippen molar-refractivity contribution in [1.82, 2.24) is 9.47 Å². The molecule has 0 saturated heterocycles. The fourth-order valence-corrected chi connectivity index (χ4v) is 4.94. The van der Waals surface area contributed by atoms with Gasteiger partial charge in [0.25, 0.3) is 5.91 Å². The highest BCUT2D eigenvalue weighted by atomic mass is 32.2. The normalized spacial score (nSPS) is 16.8. The van der Waals surface area contributed by atoms with E-state index in [1.54, 1.807) is 17.2 Å². The molecule has 1 amide bonds. The van der Waals surface area contributed by atoms with Gasteiger partial charge in [-0.05, 0) is 47.1 Å². The summed E-state index contributed by atoms with van der Waals surface area (Å²) in [4.78, 5) is 18.4. The molecule has 2 aliphatic heterocycles. The maximum atomic E-state index is 12.6. The predicted molar refractivity (Wildman–Crippen MR) is 144 cm³/mol. The first-order valence-electron chi connectivity index (χ1n) is 11.7. The number of aliphatic imine (C=N–C) groups is 1. The van der Waals surface area contributed by atoms with Crippen LogP contribution in [0.5, 0.6) is 5.75 Å². The van der Waals surface area contributed by atoms with Crippen LogP contribution in [0.25, 0.3) is 17.0 Å². The van der Waals surface area contributed by atoms with Crippen LogP contribution in [0, 0.1) is 5.41 Å². The van der Waals surface area contributed by atoms with Crippen molar-refractivity contribution in [3.05, 3.63) is 83.0 Å². The number of nitrogens with one attached hydrogen (secondary N) is 1. The van der Waals surface area contributed by atoms with E-state index < -0.39 is 0 Å². The number of carbonyl (C=O) groups excluding carboxylic acids is 1. The third-order valence-corrected chi connectivity index (χ3v) is 6.92. The Kier molecular flexibility index (Phi) is 6.11. The van der Waals surface area contributed by atoms with Gasteiger partial charge in [0, 0.05) is 35.4 Å². The number of nitrogens with zero attached hydrogens (tertiary/aromatic N) is 3. The summed E-state index contributed by atoms with van der Waals surface area (Å²) in [6.45, 7) is 8.00. The topological polar surface area (TPSA) is 70.7 Å². The van der Waals surface area contributed by atoms with Crippen molar-refractivity contribution < 1.29 is 9.53 Å². The van der Waals surface area contributed by atoms with E-state index in [0.717, 1.165) is 35.2 Å². The molecule has 1 N–H and O–H groups in total. The summed E-state index contributed by atoms with van der Waals surface area (Å²) in [7, 11) is 0. The molecule has 5 rings (SSSR count). The molecule has 0 radical (unpaired) electrons. The van der Waals surface area contributed by atoms with Crippen LogP contribution in [-0.4, -0.2) is 33.0 Å². The maximum Gasteiger partial charge on any atom is 0.283 e. The zero-order chi connectivity index (χ0) is 24.6. The number of carbonyl (C=O) groups is 1. The van der Waals surface area contributed by atoms with Crippen LogP contribution in [-0.2, 0) is 16.8 Å². The molecule has 7 heteroatoms. The van der Waals surface area contributed by atoms with E-state index in [0.29, 0.717) is 17.3 Å². The summed E-state index contributed by atoms with van der Waals surface area (Å²) in [6.07, 6.45) is 6.44. The molecule has 35 heavy (non-hydrogen) atoms. The number of fused-ring (bicyclic) bond motifs is 2. The number of para-hydroxylation sites is 1. The number of aryl methyl sites for hydroxylation is 1. The summed E-state index contributed by atoms with van der Waals surface area (Å²) in [5.41, 5.74) is 3.70. The molecule has 0 fully saturated rings. The standard InChI is InChI=1S/C28H28N4O2S/c1-28(2,3)20-9-11-21(12-10-20)34-15-6-13-31-18-19(22-7-4-5-8-24(22)31)17-23-25(29)32-14-16-35-27(32)30-26(23)33/h4-5,7-12,14,16-18,29H,6,13,15H2,1-3H3/b23-17+,29-25?. The number of rotatable bonds is 6. The molecule has 0 saturated carbocycles. The van der Waals surface area contributed by atoms with Crippen molar-refractivity contribution in [3.63, 3.8) is 0 Å². The van der Waals surface area contributed by atoms with Crippen LogP contribution >= 0.6 is 11.8 Å². The summed E-state index contributed by atoms with van der Waals surface area (Å²) in [5.74, 6) is 0.660. The van der Waals surface area contributed by atoms with Gasteiger partial charge >= 0.3 is 0 Å². The van der Waals surface area contributed by atoms with Crippen molar-refractivity contribution in [2.24, 2.45) is 4.99 Å². The number of amides is 1. The fourth-order valence-electron chi connectivity index (χ4n) is 4.24. The van der Waals surface area contributed by atoms with E-state index in [9.17, 15) is 4.79 Å². The molecule has 2 aliphatic rings. The molecule has 6 nitrogen and oxygen atoms in total. The Hall–Kier alpha value is -3.58. The Balaban J connectivity index is 1.31. The van der Waals surface area contributed by atoms with E-state index in [1.165, 1.54) is 17.3 Å². The third-order valence-electron chi connectivity index (χ3n) is 6.16. The number of hydrogen-bond acceptors (Lipinski definition) is 4. The van der Waals surface area contributed by atoms with E-state index in [-0.39, 0.29) is 17.2 Å². The van der Waals surface area contributed by atoms with Crippen molar-refractivity contribution in [3.8, 4) is 5.75 Å². The van der Waals surface area contributed by atoms with Crippen LogP contribution in [0.4, 0.5) is 0 Å². The highest BCUT2D eigenvalue weighted by Gasteiger charge is 2.31. The molecule has 3 aromatic rings. The molecule has 0 unspecified atom stereocenters. The number of benzene rings is 2. The Morgan fingerprint density at radius 3 is 2.66 bits per heavy atom. The number of amidine groups is 2. The second-order valence-corrected chi connectivity index (χ2v) is 10.5. The smallest absolute Gasteiger partial charge is 0.283 e. The lowest BCUT2D eigenvalue weighted by Gasteiger charge is -2.22. The first-order chi connectivity index (χ1) is 16.8. The van der Waals surface area contributed by atoms with Gasteiger partial charge in [-0.3, -0.25) is 15.1 Å². The van der Waals surface area contributed by atoms with E-state index in [2.05, 4.69) is 48.5 Å². The molecular weight excluding hydrogens is 456 g/mol. The minimum atomic E-state index is -0.375. The van der Waals surface area contributed by atoms with Gasteiger partial charge in [0.2, 0.25) is 0 Å². The second kappa shape index (κ2) is 9.23. The summed E-state index contributed by atoms with van der Waals surface area (Å²) in [5, 5.41) is 11.9. The number of aromatic nitrogens is 1. The predicted octanol–water partition coefficient (Wildman–Crippen LogP) is 6.18. The van der Waals surface area contributed by atoms with Gasteiger partial charge in [0.15, 0.2) is 5.17 Å². The zero-order valence-electron chi connectivity index (χ0n) is 20.1. The van der Waals surface area contributed by atoms with Crippen LogP contribution in [0.15, 0.2) is 76.9 Å². The van der Waals surface area contributed by atoms with Crippen molar-refractivity contribution in [2.45, 2.75) is 39.2 Å².